The van der Waals surface area contributed by atoms with Gasteiger partial charge in [0, 0.05) is 13.2 Å². The smallest absolute Gasteiger partial charge is 0.342 e. The molecule has 16 nitrogen and oxygen atoms in total. The first-order valence-corrected chi connectivity index (χ1v) is 38.9. The van der Waals surface area contributed by atoms with Crippen molar-refractivity contribution in [1.29, 1.82) is 0 Å². The fraction of sp³-hybridized carbons (Fsp3) is 0.720. The molecule has 0 radical (unpaired) electrons. The van der Waals surface area contributed by atoms with Crippen LogP contribution in [-0.4, -0.2) is 109 Å². The van der Waals surface area contributed by atoms with E-state index in [-0.39, 0.29) is 55.9 Å². The largest absolute Gasteiger partial charge is 0.494 e. The number of esters is 5. The number of hydrogen-bond acceptors (Lipinski definition) is 16. The van der Waals surface area contributed by atoms with Crippen molar-refractivity contribution in [2.24, 2.45) is 11.8 Å². The maximum Gasteiger partial charge on any atom is 0.342 e. The summed E-state index contributed by atoms with van der Waals surface area (Å²) in [5, 5.41) is 0. The van der Waals surface area contributed by atoms with Gasteiger partial charge in [-0.05, 0) is 258 Å². The van der Waals surface area contributed by atoms with Crippen LogP contribution < -0.4 is 18.9 Å². The van der Waals surface area contributed by atoms with Crippen molar-refractivity contribution in [1.82, 2.24) is 0 Å². The second-order valence-electron chi connectivity index (χ2n) is 27.2. The Bertz CT molecular complexity index is 2530. The quantitative estimate of drug-likeness (QED) is 0.0295. The van der Waals surface area contributed by atoms with E-state index in [1.807, 2.05) is 6.92 Å². The molecular weight excluding hydrogens is 1240 g/mol. The van der Waals surface area contributed by atoms with Crippen LogP contribution in [-0.2, 0) is 52.3 Å². The molecule has 3 aromatic rings. The number of rotatable bonds is 52. The molecule has 552 valence electrons. The standard InChI is InChI=1S/C51H78O11.C31H50O5/c1-3-19-41-21-23-42(24-22-41)43-25-27-44(28-26-43)56-33-12-5-7-14-35-58-48(52)31-32-49(53)59-36-15-8-6-13-34-57-45-29-30-47(55-4-2)46(40-45)51(54)62-39-17-10-9-16-37-60-50-20-11-18-38-61-50;1-3-5-6-9-24-35-30(32)21-22-31(33)36-25-11-8-7-10-23-34-29-19-17-28(18-20-29)27-15-13-26(12-4-2)14-16-27/h25-30,40-42,50H,3-24,31-39H2,1-2H3;17-20,26-27H,3-16,21-25H2,1-2H3. The molecular formula is C82H128O16. The molecule has 0 bridgehead atoms. The summed E-state index contributed by atoms with van der Waals surface area (Å²) in [5.74, 6) is 4.43. The number of hydrogen-bond donors (Lipinski definition) is 0. The van der Waals surface area contributed by atoms with Gasteiger partial charge in [0.2, 0.25) is 0 Å². The summed E-state index contributed by atoms with van der Waals surface area (Å²) in [4.78, 5) is 60.6. The van der Waals surface area contributed by atoms with Crippen LogP contribution in [0.3, 0.4) is 0 Å². The minimum absolute atomic E-state index is 0.0232. The lowest BCUT2D eigenvalue weighted by Gasteiger charge is -2.28. The molecule has 1 heterocycles. The zero-order valence-corrected chi connectivity index (χ0v) is 61.1. The molecule has 0 aromatic heterocycles. The Hall–Kier alpha value is -5.87. The maximum absolute atomic E-state index is 12.9. The number of unbranched alkanes of at least 4 members (excludes halogenated alkanes) is 15. The zero-order valence-electron chi connectivity index (χ0n) is 61.1. The number of ether oxygens (including phenoxy) is 11. The zero-order chi connectivity index (χ0) is 69.7. The van der Waals surface area contributed by atoms with Crippen LogP contribution in [0.15, 0.2) is 66.7 Å². The van der Waals surface area contributed by atoms with Gasteiger partial charge >= 0.3 is 29.8 Å². The molecule has 0 spiro atoms. The van der Waals surface area contributed by atoms with Crippen LogP contribution in [0.1, 0.15) is 311 Å². The Labute approximate surface area is 590 Å². The monoisotopic (exact) mass is 1370 g/mol. The van der Waals surface area contributed by atoms with Gasteiger partial charge in [-0.2, -0.15) is 0 Å². The van der Waals surface area contributed by atoms with E-state index in [2.05, 4.69) is 69.3 Å². The third kappa shape index (κ3) is 38.1. The molecule has 1 unspecified atom stereocenters. The third-order valence-corrected chi connectivity index (χ3v) is 19.0. The Balaban J connectivity index is 0.000000408. The van der Waals surface area contributed by atoms with Gasteiger partial charge in [-0.15, -0.1) is 0 Å². The van der Waals surface area contributed by atoms with Crippen LogP contribution in [0, 0.1) is 11.8 Å². The van der Waals surface area contributed by atoms with Crippen molar-refractivity contribution < 1.29 is 76.1 Å². The Morgan fingerprint density at radius 1 is 0.367 bits per heavy atom. The van der Waals surface area contributed by atoms with Gasteiger partial charge < -0.3 is 52.1 Å². The lowest BCUT2D eigenvalue weighted by Crippen LogP contribution is -2.22. The van der Waals surface area contributed by atoms with E-state index in [1.54, 1.807) is 18.2 Å². The fourth-order valence-electron chi connectivity index (χ4n) is 13.2. The van der Waals surface area contributed by atoms with Gasteiger partial charge in [0.15, 0.2) is 6.29 Å². The first-order valence-electron chi connectivity index (χ1n) is 38.9. The predicted molar refractivity (Wildman–Crippen MR) is 386 cm³/mol. The molecule has 0 amide bonds. The molecule has 2 saturated carbocycles. The van der Waals surface area contributed by atoms with Crippen molar-refractivity contribution in [3.63, 3.8) is 0 Å². The second-order valence-corrected chi connectivity index (χ2v) is 27.2. The summed E-state index contributed by atoms with van der Waals surface area (Å²) in [6.07, 6.45) is 38.5. The van der Waals surface area contributed by atoms with Gasteiger partial charge in [0.25, 0.3) is 0 Å². The van der Waals surface area contributed by atoms with E-state index in [0.29, 0.717) is 89.0 Å². The van der Waals surface area contributed by atoms with Gasteiger partial charge in [-0.3, -0.25) is 19.2 Å². The summed E-state index contributed by atoms with van der Waals surface area (Å²) in [5.41, 5.74) is 3.27. The molecule has 3 fully saturated rings. The first-order chi connectivity index (χ1) is 48.1. The molecule has 1 atom stereocenters. The summed E-state index contributed by atoms with van der Waals surface area (Å²) < 4.78 is 61.4. The Kier molecular flexibility index (Phi) is 45.6. The average molecular weight is 1370 g/mol. The second kappa shape index (κ2) is 54.0. The maximum atomic E-state index is 12.9. The fourth-order valence-corrected chi connectivity index (χ4v) is 13.2. The summed E-state index contributed by atoms with van der Waals surface area (Å²) >= 11 is 0. The molecule has 2 aliphatic carbocycles. The lowest BCUT2D eigenvalue weighted by atomic mass is 9.77. The molecule has 0 N–H and O–H groups in total. The molecule has 3 aromatic carbocycles. The van der Waals surface area contributed by atoms with E-state index in [9.17, 15) is 24.0 Å². The summed E-state index contributed by atoms with van der Waals surface area (Å²) in [6.45, 7) is 14.3. The van der Waals surface area contributed by atoms with Gasteiger partial charge in [0.05, 0.1) is 85.1 Å². The molecule has 1 saturated heterocycles. The molecule has 98 heavy (non-hydrogen) atoms. The molecule has 16 heteroatoms. The van der Waals surface area contributed by atoms with E-state index in [4.69, 9.17) is 52.1 Å². The minimum atomic E-state index is -0.419. The Morgan fingerprint density at radius 3 is 1.13 bits per heavy atom. The van der Waals surface area contributed by atoms with Crippen LogP contribution >= 0.6 is 0 Å². The number of carbonyl (C=O) groups excluding carboxylic acids is 5. The van der Waals surface area contributed by atoms with E-state index < -0.39 is 5.97 Å². The summed E-state index contributed by atoms with van der Waals surface area (Å²) in [6, 6.07) is 22.7. The molecule has 6 rings (SSSR count). The normalized spacial score (nSPS) is 17.5. The van der Waals surface area contributed by atoms with Gasteiger partial charge in [-0.1, -0.05) is 96.4 Å². The van der Waals surface area contributed by atoms with Crippen LogP contribution in [0.2, 0.25) is 0 Å². The highest BCUT2D eigenvalue weighted by atomic mass is 16.7. The highest BCUT2D eigenvalue weighted by Crippen LogP contribution is 2.39. The first kappa shape index (κ1) is 82.8. The van der Waals surface area contributed by atoms with E-state index in [0.717, 1.165) is 184 Å². The number of benzene rings is 3. The minimum Gasteiger partial charge on any atom is -0.494 e. The Morgan fingerprint density at radius 2 is 0.745 bits per heavy atom. The van der Waals surface area contributed by atoms with Crippen molar-refractivity contribution in [3.05, 3.63) is 83.4 Å². The third-order valence-electron chi connectivity index (χ3n) is 19.0. The SMILES string of the molecule is CCCC1CCC(c2ccc(OCCCCCCOC(=O)CCC(=O)OCCCCCCOc3ccc(OCC)c(C(=O)OCCCCCCOC4CCCCO4)c3)cc2)CC1.CCCCCCOC(=O)CCC(=O)OCCCCCCOc1ccc(C2CCC(CCC)CC2)cc1. The van der Waals surface area contributed by atoms with Crippen molar-refractivity contribution in [3.8, 4) is 23.0 Å². The van der Waals surface area contributed by atoms with E-state index >= 15 is 0 Å². The van der Waals surface area contributed by atoms with E-state index in [1.165, 1.54) is 88.2 Å². The highest BCUT2D eigenvalue weighted by Gasteiger charge is 2.24. The van der Waals surface area contributed by atoms with Crippen LogP contribution in [0.4, 0.5) is 0 Å². The van der Waals surface area contributed by atoms with Crippen LogP contribution in [0.5, 0.6) is 23.0 Å². The number of carbonyl (C=O) groups is 5. The van der Waals surface area contributed by atoms with Crippen molar-refractivity contribution >= 4 is 29.8 Å². The average Bonchev–Trinajstić information content (AvgIpc) is 0.889. The predicted octanol–water partition coefficient (Wildman–Crippen LogP) is 20.0. The topological polar surface area (TPSA) is 187 Å². The highest BCUT2D eigenvalue weighted by molar-refractivity contribution is 5.93. The molecule has 1 aliphatic heterocycles. The van der Waals surface area contributed by atoms with Crippen molar-refractivity contribution in [2.45, 2.75) is 296 Å². The van der Waals surface area contributed by atoms with Gasteiger partial charge in [0.1, 0.15) is 28.6 Å². The van der Waals surface area contributed by atoms with Crippen LogP contribution in [0.25, 0.3) is 0 Å². The van der Waals surface area contributed by atoms with Crippen molar-refractivity contribution in [2.75, 3.05) is 72.7 Å². The van der Waals surface area contributed by atoms with Gasteiger partial charge in [-0.25, -0.2) is 4.79 Å². The summed E-state index contributed by atoms with van der Waals surface area (Å²) in [7, 11) is 0. The molecule has 3 aliphatic rings. The lowest BCUT2D eigenvalue weighted by molar-refractivity contribution is -0.162.